The third-order valence-electron chi connectivity index (χ3n) is 12.4. The van der Waals surface area contributed by atoms with Crippen molar-refractivity contribution in [1.82, 2.24) is 50.5 Å². The topological polar surface area (TPSA) is 287 Å². The molecule has 0 spiro atoms. The lowest BCUT2D eigenvalue weighted by molar-refractivity contribution is -0.0169. The molecule has 4 aromatic heterocycles. The van der Waals surface area contributed by atoms with Gasteiger partial charge in [-0.05, 0) is 111 Å². The second-order valence-corrected chi connectivity index (χ2v) is 21.5. The number of aliphatic hydroxyl groups is 2. The number of piperidine rings is 2. The zero-order valence-corrected chi connectivity index (χ0v) is 40.1. The molecule has 2 fully saturated rings. The number of likely N-dealkylation sites (tertiary alicyclic amines) is 1. The molecule has 0 aliphatic carbocycles. The monoisotopic (exact) mass is 1000 g/mol. The van der Waals surface area contributed by atoms with Crippen LogP contribution in [0.4, 0.5) is 0 Å². The molecular weight excluding hydrogens is 949 g/mol. The SMILES string of the molecule is O=C(O)c1ccc(CS(=O)(=O)c2cccc3nccnc23)cc1.O=C(c1ccc(CS(=O)(=O)c2cccc3nccnc23)cc1)N1CCC(O)(Cc2ccn[nH]2)CC1.OC1(Cc2ccn[nH]2)CCNCC1. The van der Waals surface area contributed by atoms with E-state index in [1.54, 1.807) is 65.8 Å². The number of benzene rings is 4. The van der Waals surface area contributed by atoms with Crippen LogP contribution in [0.15, 0.2) is 144 Å². The van der Waals surface area contributed by atoms with E-state index < -0.39 is 36.8 Å². The molecule has 19 nitrogen and oxygen atoms in total. The average molecular weight is 1000 g/mol. The summed E-state index contributed by atoms with van der Waals surface area (Å²) in [5.74, 6) is -1.62. The number of rotatable bonds is 12. The Morgan fingerprint density at radius 3 is 1.42 bits per heavy atom. The number of aromatic nitrogens is 8. The molecule has 0 radical (unpaired) electrons. The fourth-order valence-electron chi connectivity index (χ4n) is 8.55. The van der Waals surface area contributed by atoms with Crippen LogP contribution >= 0.6 is 0 Å². The van der Waals surface area contributed by atoms with E-state index in [1.807, 2.05) is 12.1 Å². The number of carboxylic acids is 1. The number of H-pyrrole nitrogens is 2. The van der Waals surface area contributed by atoms with Gasteiger partial charge in [-0.1, -0.05) is 36.4 Å². The summed E-state index contributed by atoms with van der Waals surface area (Å²) in [6.45, 7) is 2.71. The van der Waals surface area contributed by atoms with Crippen molar-refractivity contribution in [1.29, 1.82) is 0 Å². The molecule has 2 aliphatic heterocycles. The Morgan fingerprint density at radius 2 is 0.986 bits per heavy atom. The minimum atomic E-state index is -3.66. The van der Waals surface area contributed by atoms with Crippen molar-refractivity contribution >= 4 is 53.6 Å². The molecule has 0 saturated carbocycles. The minimum absolute atomic E-state index is 0.113. The molecule has 71 heavy (non-hydrogen) atoms. The van der Waals surface area contributed by atoms with Gasteiger partial charge < -0.3 is 25.5 Å². The number of carbonyl (C=O) groups is 2. The first kappa shape index (κ1) is 50.1. The van der Waals surface area contributed by atoms with E-state index in [1.165, 1.54) is 61.2 Å². The van der Waals surface area contributed by atoms with Crippen LogP contribution in [0.3, 0.4) is 0 Å². The summed E-state index contributed by atoms with van der Waals surface area (Å²) < 4.78 is 51.5. The molecule has 0 unspecified atom stereocenters. The summed E-state index contributed by atoms with van der Waals surface area (Å²) in [6.07, 6.45) is 13.1. The standard InChI is InChI=1S/C25H25N5O4S.C16H12N2O4S.C9H15N3O/c31-24(30-14-9-25(32,10-15-30)16-20-8-11-28-29-20)19-6-4-18(5-7-19)17-35(33,34)22-3-1-2-21-23(22)27-13-12-26-21;19-16(20)12-6-4-11(5-7-12)10-23(21,22)14-3-1-2-13-15(14)18-9-8-17-13;13-9(2-5-10-6-3-9)7-8-1-4-11-12-8/h1-8,11-13,32H,9-10,14-17H2,(H,28,29);1-9H,10H2,(H,19,20);1,4,10,13H,2-3,5-7H2,(H,11,12). The molecule has 368 valence electrons. The Labute approximate surface area is 409 Å². The van der Waals surface area contributed by atoms with Crippen molar-refractivity contribution in [2.45, 2.75) is 71.0 Å². The molecular formula is C50H52N10O9S2. The van der Waals surface area contributed by atoms with E-state index in [-0.39, 0.29) is 32.8 Å². The molecule has 0 atom stereocenters. The first-order valence-electron chi connectivity index (χ1n) is 22.8. The number of aromatic amines is 2. The maximum atomic E-state index is 13.1. The highest BCUT2D eigenvalue weighted by molar-refractivity contribution is 7.91. The van der Waals surface area contributed by atoms with Gasteiger partial charge in [0.2, 0.25) is 0 Å². The Kier molecular flexibility index (Phi) is 15.4. The van der Waals surface area contributed by atoms with Gasteiger partial charge in [-0.2, -0.15) is 10.2 Å². The average Bonchev–Trinajstić information content (AvgIpc) is 4.09. The van der Waals surface area contributed by atoms with Gasteiger partial charge in [-0.3, -0.25) is 34.9 Å². The second-order valence-electron chi connectivity index (χ2n) is 17.6. The van der Waals surface area contributed by atoms with Crippen molar-refractivity contribution in [3.05, 3.63) is 168 Å². The van der Waals surface area contributed by atoms with Gasteiger partial charge in [0, 0.05) is 80.1 Å². The van der Waals surface area contributed by atoms with Crippen LogP contribution < -0.4 is 5.32 Å². The molecule has 10 rings (SSSR count). The Morgan fingerprint density at radius 1 is 0.549 bits per heavy atom. The number of para-hydroxylation sites is 2. The normalized spacial score (nSPS) is 15.5. The van der Waals surface area contributed by atoms with Gasteiger partial charge in [0.05, 0.1) is 49.1 Å². The summed E-state index contributed by atoms with van der Waals surface area (Å²) >= 11 is 0. The van der Waals surface area contributed by atoms with Crippen molar-refractivity contribution in [2.75, 3.05) is 26.2 Å². The Balaban J connectivity index is 0.000000160. The second kappa shape index (κ2) is 21.8. The van der Waals surface area contributed by atoms with Crippen molar-refractivity contribution < 1.29 is 41.7 Å². The minimum Gasteiger partial charge on any atom is -0.478 e. The maximum Gasteiger partial charge on any atom is 0.335 e. The fraction of sp³-hybridized carbons (Fsp3) is 0.280. The lowest BCUT2D eigenvalue weighted by atomic mass is 9.87. The number of aromatic carboxylic acids is 1. The molecule has 6 heterocycles. The number of hydrogen-bond donors (Lipinski definition) is 6. The van der Waals surface area contributed by atoms with Crippen LogP contribution in [0.1, 0.15) is 68.9 Å². The molecule has 2 saturated heterocycles. The first-order valence-corrected chi connectivity index (χ1v) is 26.1. The molecule has 4 aromatic carbocycles. The Hall–Kier alpha value is -7.30. The summed E-state index contributed by atoms with van der Waals surface area (Å²) in [6, 6.07) is 25.9. The number of carbonyl (C=O) groups excluding carboxylic acids is 1. The molecule has 1 amide bonds. The zero-order chi connectivity index (χ0) is 50.1. The highest BCUT2D eigenvalue weighted by atomic mass is 32.2. The molecule has 0 bridgehead atoms. The van der Waals surface area contributed by atoms with Gasteiger partial charge in [0.1, 0.15) is 11.0 Å². The zero-order valence-electron chi connectivity index (χ0n) is 38.4. The lowest BCUT2D eigenvalue weighted by Crippen LogP contribution is -2.47. The van der Waals surface area contributed by atoms with Gasteiger partial charge in [-0.15, -0.1) is 0 Å². The van der Waals surface area contributed by atoms with Crippen LogP contribution in [0.2, 0.25) is 0 Å². The summed E-state index contributed by atoms with van der Waals surface area (Å²) in [5.41, 5.74) is 3.89. The van der Waals surface area contributed by atoms with Crippen LogP contribution in [0.5, 0.6) is 0 Å². The van der Waals surface area contributed by atoms with Crippen molar-refractivity contribution in [2.24, 2.45) is 0 Å². The van der Waals surface area contributed by atoms with E-state index in [2.05, 4.69) is 45.6 Å². The predicted octanol–water partition coefficient (Wildman–Crippen LogP) is 4.91. The van der Waals surface area contributed by atoms with Gasteiger partial charge in [-0.25, -0.2) is 21.6 Å². The lowest BCUT2D eigenvalue weighted by Gasteiger charge is -2.38. The molecule has 6 N–H and O–H groups in total. The third kappa shape index (κ3) is 12.7. The van der Waals surface area contributed by atoms with Gasteiger partial charge in [0.15, 0.2) is 19.7 Å². The van der Waals surface area contributed by atoms with E-state index in [9.17, 15) is 36.6 Å². The van der Waals surface area contributed by atoms with Gasteiger partial charge in [0.25, 0.3) is 5.91 Å². The van der Waals surface area contributed by atoms with Crippen LogP contribution in [0, 0.1) is 0 Å². The number of carboxylic acid groups (broad SMARTS) is 1. The number of nitrogens with one attached hydrogen (secondary N) is 3. The number of amides is 1. The summed E-state index contributed by atoms with van der Waals surface area (Å²) in [5, 5.41) is 46.7. The highest BCUT2D eigenvalue weighted by Gasteiger charge is 2.35. The molecule has 2 aliphatic rings. The van der Waals surface area contributed by atoms with E-state index in [0.717, 1.165) is 37.3 Å². The van der Waals surface area contributed by atoms with Crippen molar-refractivity contribution in [3.63, 3.8) is 0 Å². The van der Waals surface area contributed by atoms with Crippen LogP contribution in [-0.4, -0.2) is 127 Å². The highest BCUT2D eigenvalue weighted by Crippen LogP contribution is 2.29. The van der Waals surface area contributed by atoms with Crippen LogP contribution in [0.25, 0.3) is 22.1 Å². The largest absolute Gasteiger partial charge is 0.478 e. The third-order valence-corrected chi connectivity index (χ3v) is 15.8. The van der Waals surface area contributed by atoms with Crippen LogP contribution in [-0.2, 0) is 44.0 Å². The maximum absolute atomic E-state index is 13.1. The first-order chi connectivity index (χ1) is 34.1. The smallest absolute Gasteiger partial charge is 0.335 e. The molecule has 8 aromatic rings. The van der Waals surface area contributed by atoms with E-state index in [0.29, 0.717) is 77.5 Å². The summed E-state index contributed by atoms with van der Waals surface area (Å²) in [7, 11) is -7.28. The molecule has 21 heteroatoms. The fourth-order valence-corrected chi connectivity index (χ4v) is 11.6. The van der Waals surface area contributed by atoms with Gasteiger partial charge >= 0.3 is 5.97 Å². The van der Waals surface area contributed by atoms with E-state index in [4.69, 9.17) is 5.11 Å². The number of sulfone groups is 2. The summed E-state index contributed by atoms with van der Waals surface area (Å²) in [4.78, 5) is 42.4. The number of hydrogen-bond acceptors (Lipinski definition) is 15. The quantitative estimate of drug-likeness (QED) is 0.0948. The number of fused-ring (bicyclic) bond motifs is 2. The van der Waals surface area contributed by atoms with E-state index >= 15 is 0 Å². The van der Waals surface area contributed by atoms with Crippen molar-refractivity contribution in [3.8, 4) is 0 Å². The Bertz CT molecular complexity index is 3300. The predicted molar refractivity (Wildman–Crippen MR) is 262 cm³/mol. The number of nitrogens with zero attached hydrogens (tertiary/aromatic N) is 7.